The van der Waals surface area contributed by atoms with Gasteiger partial charge in [-0.1, -0.05) is 12.1 Å². The van der Waals surface area contributed by atoms with Gasteiger partial charge in [-0.05, 0) is 49.3 Å². The van der Waals surface area contributed by atoms with Crippen LogP contribution < -0.4 is 4.90 Å². The quantitative estimate of drug-likeness (QED) is 0.811. The molecule has 1 aliphatic carbocycles. The Morgan fingerprint density at radius 2 is 1.93 bits per heavy atom. The zero-order valence-electron chi connectivity index (χ0n) is 16.0. The van der Waals surface area contributed by atoms with E-state index in [1.807, 2.05) is 0 Å². The first kappa shape index (κ1) is 18.7. The van der Waals surface area contributed by atoms with Crippen LogP contribution >= 0.6 is 0 Å². The molecule has 2 saturated heterocycles. The minimum Gasteiger partial charge on any atom is -0.468 e. The van der Waals surface area contributed by atoms with Gasteiger partial charge >= 0.3 is 5.97 Å². The van der Waals surface area contributed by atoms with Crippen LogP contribution in [-0.4, -0.2) is 67.6 Å². The highest BCUT2D eigenvalue weighted by atomic mass is 16.5. The largest absolute Gasteiger partial charge is 0.468 e. The second-order valence-electron chi connectivity index (χ2n) is 8.01. The summed E-state index contributed by atoms with van der Waals surface area (Å²) in [7, 11) is 1.47. The number of likely N-dealkylation sites (tertiary alicyclic amines) is 1. The van der Waals surface area contributed by atoms with Gasteiger partial charge in [0, 0.05) is 31.4 Å². The molecule has 27 heavy (non-hydrogen) atoms. The van der Waals surface area contributed by atoms with E-state index in [9.17, 15) is 9.90 Å². The Balaban J connectivity index is 1.48. The van der Waals surface area contributed by atoms with E-state index in [0.29, 0.717) is 5.92 Å². The Morgan fingerprint density at radius 1 is 1.19 bits per heavy atom. The second-order valence-corrected chi connectivity index (χ2v) is 8.01. The highest BCUT2D eigenvalue weighted by molar-refractivity contribution is 5.76. The lowest BCUT2D eigenvalue weighted by atomic mass is 9.83. The monoisotopic (exact) mass is 374 g/mol. The molecule has 1 N–H and O–H groups in total. The van der Waals surface area contributed by atoms with Crippen LogP contribution in [0.25, 0.3) is 0 Å². The fourth-order valence-electron chi connectivity index (χ4n) is 4.96. The number of carbonyl (C=O) groups excluding carboxylic acids is 1. The number of rotatable bonds is 4. The molecule has 2 aliphatic heterocycles. The van der Waals surface area contributed by atoms with Crippen molar-refractivity contribution in [1.29, 1.82) is 0 Å². The molecule has 0 aromatic heterocycles. The third-order valence-corrected chi connectivity index (χ3v) is 6.43. The summed E-state index contributed by atoms with van der Waals surface area (Å²) in [5.74, 6) is 0.328. The van der Waals surface area contributed by atoms with Crippen molar-refractivity contribution in [3.63, 3.8) is 0 Å². The summed E-state index contributed by atoms with van der Waals surface area (Å²) in [6.07, 6.45) is 3.18. The van der Waals surface area contributed by atoms with Gasteiger partial charge in [0.15, 0.2) is 0 Å². The molecule has 1 aromatic carbocycles. The number of benzene rings is 1. The topological polar surface area (TPSA) is 62.2 Å². The van der Waals surface area contributed by atoms with Crippen molar-refractivity contribution in [2.75, 3.05) is 38.3 Å². The maximum atomic E-state index is 12.4. The Kier molecular flexibility index (Phi) is 5.66. The molecule has 0 spiro atoms. The summed E-state index contributed by atoms with van der Waals surface area (Å²) < 4.78 is 10.5. The van der Waals surface area contributed by atoms with Gasteiger partial charge in [0.2, 0.25) is 0 Å². The van der Waals surface area contributed by atoms with E-state index in [-0.39, 0.29) is 24.2 Å². The smallest absolute Gasteiger partial charge is 0.323 e. The number of ether oxygens (including phenoxy) is 2. The number of morpholine rings is 1. The molecule has 0 radical (unpaired) electrons. The number of hydrogen-bond acceptors (Lipinski definition) is 6. The minimum absolute atomic E-state index is 0.149. The maximum absolute atomic E-state index is 12.4. The van der Waals surface area contributed by atoms with Crippen LogP contribution in [0.5, 0.6) is 0 Å². The first-order valence-electron chi connectivity index (χ1n) is 10.1. The van der Waals surface area contributed by atoms with Crippen LogP contribution in [0.15, 0.2) is 24.3 Å². The van der Waals surface area contributed by atoms with Gasteiger partial charge in [0.1, 0.15) is 6.04 Å². The third-order valence-electron chi connectivity index (χ3n) is 6.43. The van der Waals surface area contributed by atoms with Gasteiger partial charge in [0.05, 0.1) is 26.4 Å². The molecule has 1 aromatic rings. The van der Waals surface area contributed by atoms with Crippen LogP contribution in [0, 0.1) is 5.92 Å². The number of esters is 1. The second kappa shape index (κ2) is 8.17. The Labute approximate surface area is 161 Å². The molecule has 4 rings (SSSR count). The molecular weight excluding hydrogens is 344 g/mol. The zero-order valence-corrected chi connectivity index (χ0v) is 16.0. The average Bonchev–Trinajstić information content (AvgIpc) is 3.06. The number of carbonyl (C=O) groups is 1. The molecular formula is C21H30N2O4. The van der Waals surface area contributed by atoms with E-state index in [2.05, 4.69) is 34.1 Å². The van der Waals surface area contributed by atoms with Gasteiger partial charge in [-0.2, -0.15) is 0 Å². The lowest BCUT2D eigenvalue weighted by molar-refractivity contribution is -0.146. The van der Waals surface area contributed by atoms with E-state index < -0.39 is 0 Å². The molecule has 6 nitrogen and oxygen atoms in total. The summed E-state index contributed by atoms with van der Waals surface area (Å²) in [5.41, 5.74) is 2.42. The Hall–Kier alpha value is -1.63. The molecule has 0 unspecified atom stereocenters. The molecule has 0 amide bonds. The van der Waals surface area contributed by atoms with Gasteiger partial charge in [-0.15, -0.1) is 0 Å². The summed E-state index contributed by atoms with van der Waals surface area (Å²) in [5, 5.41) is 10.1. The molecule has 1 saturated carbocycles. The SMILES string of the molecule is COC(=O)[C@@H]1C[C@@H]2CC[C@@H](O)C[C@@H]2N1Cc1ccc(N2CCOCC2)cc1. The molecule has 3 aliphatic rings. The van der Waals surface area contributed by atoms with Crippen LogP contribution in [0.3, 0.4) is 0 Å². The minimum atomic E-state index is -0.256. The van der Waals surface area contributed by atoms with E-state index >= 15 is 0 Å². The molecule has 148 valence electrons. The molecule has 3 fully saturated rings. The molecule has 4 atom stereocenters. The van der Waals surface area contributed by atoms with Crippen molar-refractivity contribution < 1.29 is 19.4 Å². The van der Waals surface area contributed by atoms with Crippen LogP contribution in [0.1, 0.15) is 31.2 Å². The summed E-state index contributed by atoms with van der Waals surface area (Å²) >= 11 is 0. The number of fused-ring (bicyclic) bond motifs is 1. The number of methoxy groups -OCH3 is 1. The fourth-order valence-corrected chi connectivity index (χ4v) is 4.96. The van der Waals surface area contributed by atoms with Crippen molar-refractivity contribution >= 4 is 11.7 Å². The van der Waals surface area contributed by atoms with E-state index in [0.717, 1.165) is 58.5 Å². The van der Waals surface area contributed by atoms with E-state index in [1.165, 1.54) is 18.4 Å². The Morgan fingerprint density at radius 3 is 2.63 bits per heavy atom. The van der Waals surface area contributed by atoms with E-state index in [1.54, 1.807) is 0 Å². The van der Waals surface area contributed by atoms with Gasteiger partial charge < -0.3 is 19.5 Å². The number of hydrogen-bond donors (Lipinski definition) is 1. The molecule has 6 heteroatoms. The maximum Gasteiger partial charge on any atom is 0.323 e. The van der Waals surface area contributed by atoms with E-state index in [4.69, 9.17) is 9.47 Å². The van der Waals surface area contributed by atoms with Crippen LogP contribution in [-0.2, 0) is 20.8 Å². The van der Waals surface area contributed by atoms with Crippen LogP contribution in [0.2, 0.25) is 0 Å². The first-order valence-corrected chi connectivity index (χ1v) is 10.1. The Bertz CT molecular complexity index is 644. The third kappa shape index (κ3) is 3.98. The lowest BCUT2D eigenvalue weighted by Gasteiger charge is -2.35. The van der Waals surface area contributed by atoms with Crippen molar-refractivity contribution in [2.24, 2.45) is 5.92 Å². The van der Waals surface area contributed by atoms with Crippen molar-refractivity contribution in [3.8, 4) is 0 Å². The van der Waals surface area contributed by atoms with Crippen molar-refractivity contribution in [2.45, 2.75) is 50.4 Å². The molecule has 0 bridgehead atoms. The first-order chi connectivity index (χ1) is 13.2. The number of aliphatic hydroxyl groups is 1. The predicted octanol–water partition coefficient (Wildman–Crippen LogP) is 1.80. The van der Waals surface area contributed by atoms with Gasteiger partial charge in [0.25, 0.3) is 0 Å². The lowest BCUT2D eigenvalue weighted by Crippen LogP contribution is -2.44. The van der Waals surface area contributed by atoms with Crippen LogP contribution in [0.4, 0.5) is 5.69 Å². The number of anilines is 1. The van der Waals surface area contributed by atoms with Crippen molar-refractivity contribution in [3.05, 3.63) is 29.8 Å². The van der Waals surface area contributed by atoms with Gasteiger partial charge in [-0.25, -0.2) is 0 Å². The highest BCUT2D eigenvalue weighted by Crippen LogP contribution is 2.41. The van der Waals surface area contributed by atoms with Gasteiger partial charge in [-0.3, -0.25) is 9.69 Å². The predicted molar refractivity (Wildman–Crippen MR) is 103 cm³/mol. The van der Waals surface area contributed by atoms with Crippen molar-refractivity contribution in [1.82, 2.24) is 4.90 Å². The standard InChI is InChI=1S/C21H30N2O4/c1-26-21(25)20-12-16-4-7-18(24)13-19(16)23(20)14-15-2-5-17(6-3-15)22-8-10-27-11-9-22/h2-3,5-6,16,18-20,24H,4,7-14H2,1H3/t16-,18+,19-,20-/m0/s1. The number of nitrogens with zero attached hydrogens (tertiary/aromatic N) is 2. The molecule has 2 heterocycles. The normalized spacial score (nSPS) is 31.6. The number of aliphatic hydroxyl groups excluding tert-OH is 1. The fraction of sp³-hybridized carbons (Fsp3) is 0.667. The zero-order chi connectivity index (χ0) is 18.8. The average molecular weight is 374 g/mol. The summed E-state index contributed by atoms with van der Waals surface area (Å²) in [6.45, 7) is 4.13. The summed E-state index contributed by atoms with van der Waals surface area (Å²) in [6, 6.07) is 8.71. The highest BCUT2D eigenvalue weighted by Gasteiger charge is 2.47. The summed E-state index contributed by atoms with van der Waals surface area (Å²) in [4.78, 5) is 17.0.